The molecule has 0 aliphatic rings. The second kappa shape index (κ2) is 10.3. The van der Waals surface area contributed by atoms with E-state index >= 15 is 0 Å². The van der Waals surface area contributed by atoms with Gasteiger partial charge in [0, 0.05) is 28.5 Å². The normalized spacial score (nSPS) is 12.5. The van der Waals surface area contributed by atoms with Gasteiger partial charge in [-0.05, 0) is 50.6 Å². The Balaban J connectivity index is 1.84. The van der Waals surface area contributed by atoms with Crippen molar-refractivity contribution in [3.05, 3.63) is 71.5 Å². The van der Waals surface area contributed by atoms with Crippen LogP contribution in [0.2, 0.25) is 5.02 Å². The van der Waals surface area contributed by atoms with Crippen molar-refractivity contribution >= 4 is 48.7 Å². The molecule has 13 heteroatoms. The lowest BCUT2D eigenvalue weighted by atomic mass is 10.1. The lowest BCUT2D eigenvalue weighted by Crippen LogP contribution is -2.28. The summed E-state index contributed by atoms with van der Waals surface area (Å²) in [6.07, 6.45) is 2.80. The average molecular weight is 591 g/mol. The Kier molecular flexibility index (Phi) is 7.52. The van der Waals surface area contributed by atoms with E-state index in [1.54, 1.807) is 51.1 Å². The highest BCUT2D eigenvalue weighted by molar-refractivity contribution is 7.92. The number of hydrogen-bond donors (Lipinski definition) is 2. The Hall–Kier alpha value is -3.45. The van der Waals surface area contributed by atoms with Crippen LogP contribution in [0, 0.1) is 0 Å². The quantitative estimate of drug-likeness (QED) is 0.329. The van der Waals surface area contributed by atoms with E-state index in [1.807, 2.05) is 0 Å². The maximum Gasteiger partial charge on any atom is 0.238 e. The first-order valence-corrected chi connectivity index (χ1v) is 15.0. The van der Waals surface area contributed by atoms with E-state index in [4.69, 9.17) is 21.5 Å². The summed E-state index contributed by atoms with van der Waals surface area (Å²) in [7, 11) is -6.64. The number of sulfone groups is 1. The van der Waals surface area contributed by atoms with Crippen LogP contribution in [0.15, 0.2) is 70.7 Å². The van der Waals surface area contributed by atoms with E-state index in [0.717, 1.165) is 0 Å². The summed E-state index contributed by atoms with van der Waals surface area (Å²) in [5.74, 6) is -0.303. The van der Waals surface area contributed by atoms with E-state index in [0.29, 0.717) is 27.5 Å². The predicted molar refractivity (Wildman–Crippen MR) is 149 cm³/mol. The molecule has 1 amide bonds. The van der Waals surface area contributed by atoms with Gasteiger partial charge in [0.2, 0.25) is 15.9 Å². The Morgan fingerprint density at radius 1 is 1.10 bits per heavy atom. The number of benzene rings is 2. The topological polar surface area (TPSA) is 150 Å². The third-order valence-electron chi connectivity index (χ3n) is 6.01. The number of carbonyl (C=O) groups is 1. The van der Waals surface area contributed by atoms with Crippen LogP contribution in [0.25, 0.3) is 16.9 Å². The second-order valence-corrected chi connectivity index (χ2v) is 14.4. The van der Waals surface area contributed by atoms with E-state index in [1.165, 1.54) is 42.1 Å². The molecule has 0 saturated heterocycles. The van der Waals surface area contributed by atoms with Gasteiger partial charge in [0.05, 0.1) is 35.1 Å². The van der Waals surface area contributed by atoms with Gasteiger partial charge >= 0.3 is 0 Å². The largest absolute Gasteiger partial charge is 0.495 e. The molecule has 0 radical (unpaired) electrons. The van der Waals surface area contributed by atoms with Crippen molar-refractivity contribution in [1.82, 2.24) is 9.38 Å². The Morgan fingerprint density at radius 2 is 1.79 bits per heavy atom. The van der Waals surface area contributed by atoms with Gasteiger partial charge in [0.25, 0.3) is 0 Å². The number of fused-ring (bicyclic) bond motifs is 1. The first-order chi connectivity index (χ1) is 18.1. The van der Waals surface area contributed by atoms with Gasteiger partial charge in [-0.3, -0.25) is 9.20 Å². The molecule has 10 nitrogen and oxygen atoms in total. The molecule has 0 spiro atoms. The monoisotopic (exact) mass is 590 g/mol. The Labute approximate surface area is 231 Å². The molecule has 4 aromatic rings. The van der Waals surface area contributed by atoms with E-state index in [2.05, 4.69) is 10.3 Å². The maximum absolute atomic E-state index is 13.3. The minimum Gasteiger partial charge on any atom is -0.495 e. The number of aromatic nitrogens is 2. The van der Waals surface area contributed by atoms with Crippen LogP contribution in [0.4, 0.5) is 5.69 Å². The maximum atomic E-state index is 13.3. The highest BCUT2D eigenvalue weighted by Crippen LogP contribution is 2.35. The van der Waals surface area contributed by atoms with Gasteiger partial charge in [-0.25, -0.2) is 27.0 Å². The number of rotatable bonds is 7. The van der Waals surface area contributed by atoms with Crippen LogP contribution in [-0.4, -0.2) is 44.0 Å². The number of pyridine rings is 1. The molecule has 0 unspecified atom stereocenters. The molecule has 39 heavy (non-hydrogen) atoms. The van der Waals surface area contributed by atoms with Crippen LogP contribution in [0.3, 0.4) is 0 Å². The Bertz CT molecular complexity index is 1810. The Morgan fingerprint density at radius 3 is 2.41 bits per heavy atom. The van der Waals surface area contributed by atoms with Crippen LogP contribution in [0.5, 0.6) is 5.75 Å². The second-order valence-electron chi connectivity index (χ2n) is 9.80. The summed E-state index contributed by atoms with van der Waals surface area (Å²) in [6, 6.07) is 12.5. The molecule has 0 aliphatic heterocycles. The molecule has 3 N–H and O–H groups in total. The standard InChI is InChI=1S/C26H27ClN4O6S2/c1-26(2,3)38(33,34)23-15-31-21(14-29-24(31)13-22(23)37-4)17-9-18(12-19(10-17)39(28,35)36)30-25(32)11-16-7-5-6-8-20(16)27/h5-10,12-15H,11H2,1-4H3,(H,30,32)(H2,28,35,36). The number of imidazole rings is 1. The molecule has 0 atom stereocenters. The molecular formula is C26H27ClN4O6S2. The summed E-state index contributed by atoms with van der Waals surface area (Å²) in [6.45, 7) is 4.73. The fourth-order valence-electron chi connectivity index (χ4n) is 3.89. The fraction of sp³-hybridized carbons (Fsp3) is 0.231. The highest BCUT2D eigenvalue weighted by atomic mass is 35.5. The van der Waals surface area contributed by atoms with Gasteiger partial charge in [-0.15, -0.1) is 0 Å². The van der Waals surface area contributed by atoms with Crippen LogP contribution in [-0.2, 0) is 31.1 Å². The number of carbonyl (C=O) groups excluding carboxylic acids is 1. The van der Waals surface area contributed by atoms with Crippen molar-refractivity contribution in [2.75, 3.05) is 12.4 Å². The molecule has 2 aromatic carbocycles. The zero-order valence-electron chi connectivity index (χ0n) is 21.6. The van der Waals surface area contributed by atoms with Crippen molar-refractivity contribution in [3.63, 3.8) is 0 Å². The molecule has 0 aliphatic carbocycles. The number of methoxy groups -OCH3 is 1. The van der Waals surface area contributed by atoms with Crippen molar-refractivity contribution in [2.24, 2.45) is 5.14 Å². The number of anilines is 1. The smallest absolute Gasteiger partial charge is 0.238 e. The van der Waals surface area contributed by atoms with Crippen molar-refractivity contribution < 1.29 is 26.4 Å². The number of ether oxygens (including phenoxy) is 1. The number of hydrogen-bond acceptors (Lipinski definition) is 7. The molecule has 4 rings (SSSR count). The van der Waals surface area contributed by atoms with Gasteiger partial charge in [-0.1, -0.05) is 29.8 Å². The molecule has 206 valence electrons. The van der Waals surface area contributed by atoms with E-state index in [9.17, 15) is 21.6 Å². The zero-order valence-corrected chi connectivity index (χ0v) is 24.0. The lowest BCUT2D eigenvalue weighted by Gasteiger charge is -2.21. The number of halogens is 1. The lowest BCUT2D eigenvalue weighted by molar-refractivity contribution is -0.115. The average Bonchev–Trinajstić information content (AvgIpc) is 3.26. The summed E-state index contributed by atoms with van der Waals surface area (Å²) in [4.78, 5) is 16.8. The zero-order chi connectivity index (χ0) is 28.8. The molecular weight excluding hydrogens is 564 g/mol. The van der Waals surface area contributed by atoms with Crippen LogP contribution in [0.1, 0.15) is 26.3 Å². The number of amides is 1. The third kappa shape index (κ3) is 5.78. The summed E-state index contributed by atoms with van der Waals surface area (Å²) < 4.78 is 57.0. The first kappa shape index (κ1) is 28.6. The van der Waals surface area contributed by atoms with E-state index in [-0.39, 0.29) is 27.6 Å². The minimum atomic E-state index is -4.17. The predicted octanol–water partition coefficient (Wildman–Crippen LogP) is 4.06. The van der Waals surface area contributed by atoms with Crippen molar-refractivity contribution in [2.45, 2.75) is 41.7 Å². The van der Waals surface area contributed by atoms with Crippen molar-refractivity contribution in [1.29, 1.82) is 0 Å². The van der Waals surface area contributed by atoms with Gasteiger partial charge in [-0.2, -0.15) is 0 Å². The molecule has 0 saturated carbocycles. The SMILES string of the molecule is COc1cc2ncc(-c3cc(NC(=O)Cc4ccccc4Cl)cc(S(N)(=O)=O)c3)n2cc1S(=O)(=O)C(C)(C)C. The molecule has 2 heterocycles. The minimum absolute atomic E-state index is 0.0436. The van der Waals surface area contributed by atoms with Gasteiger partial charge < -0.3 is 10.1 Å². The number of nitrogens with one attached hydrogen (secondary N) is 1. The molecule has 0 fully saturated rings. The summed E-state index contributed by atoms with van der Waals surface area (Å²) in [5.41, 5.74) is 1.82. The summed E-state index contributed by atoms with van der Waals surface area (Å²) in [5, 5.41) is 8.54. The fourth-order valence-corrected chi connectivity index (χ4v) is 5.99. The van der Waals surface area contributed by atoms with Crippen molar-refractivity contribution in [3.8, 4) is 17.0 Å². The van der Waals surface area contributed by atoms with Gasteiger partial charge in [0.1, 0.15) is 16.3 Å². The third-order valence-corrected chi connectivity index (χ3v) is 9.77. The molecule has 2 aromatic heterocycles. The van der Waals surface area contributed by atoms with Crippen LogP contribution >= 0.6 is 11.6 Å². The highest BCUT2D eigenvalue weighted by Gasteiger charge is 2.34. The number of nitrogens with zero attached hydrogens (tertiary/aromatic N) is 2. The summed E-state index contributed by atoms with van der Waals surface area (Å²) >= 11 is 6.16. The number of primary sulfonamides is 1. The number of sulfonamides is 1. The first-order valence-electron chi connectivity index (χ1n) is 11.6. The van der Waals surface area contributed by atoms with E-state index < -0.39 is 30.5 Å². The van der Waals surface area contributed by atoms with Crippen LogP contribution < -0.4 is 15.2 Å². The van der Waals surface area contributed by atoms with Gasteiger partial charge in [0.15, 0.2) is 9.84 Å². The molecule has 0 bridgehead atoms. The number of nitrogens with two attached hydrogens (primary N) is 1.